The van der Waals surface area contributed by atoms with E-state index in [2.05, 4.69) is 36.3 Å². The van der Waals surface area contributed by atoms with Crippen LogP contribution in [0.3, 0.4) is 0 Å². The van der Waals surface area contributed by atoms with Gasteiger partial charge in [0.2, 0.25) is 11.8 Å². The summed E-state index contributed by atoms with van der Waals surface area (Å²) in [7, 11) is 0. The van der Waals surface area contributed by atoms with Gasteiger partial charge in [-0.2, -0.15) is 0 Å². The second kappa shape index (κ2) is 5.60. The van der Waals surface area contributed by atoms with E-state index in [9.17, 15) is 0 Å². The van der Waals surface area contributed by atoms with Crippen LogP contribution in [-0.2, 0) is 11.2 Å². The number of nitrogens with zero attached hydrogens (tertiary/aromatic N) is 2. The summed E-state index contributed by atoms with van der Waals surface area (Å²) >= 11 is 0. The molecule has 1 aromatic heterocycles. The van der Waals surface area contributed by atoms with Crippen molar-refractivity contribution in [2.24, 2.45) is 0 Å². The molecule has 5 heteroatoms. The van der Waals surface area contributed by atoms with Crippen molar-refractivity contribution in [2.75, 3.05) is 6.54 Å². The maximum Gasteiger partial charge on any atom is 0.245 e. The molecule has 0 aromatic carbocycles. The first-order valence-corrected chi connectivity index (χ1v) is 6.36. The summed E-state index contributed by atoms with van der Waals surface area (Å²) in [6, 6.07) is 0.483. The quantitative estimate of drug-likeness (QED) is 0.849. The van der Waals surface area contributed by atoms with Crippen molar-refractivity contribution < 1.29 is 9.15 Å². The molecule has 2 heterocycles. The number of hydrogen-bond acceptors (Lipinski definition) is 5. The van der Waals surface area contributed by atoms with Crippen LogP contribution >= 0.6 is 0 Å². The minimum Gasteiger partial charge on any atom is -0.422 e. The van der Waals surface area contributed by atoms with Crippen LogP contribution in [0.25, 0.3) is 0 Å². The third-order valence-corrected chi connectivity index (χ3v) is 2.88. The fourth-order valence-electron chi connectivity index (χ4n) is 1.95. The molecular weight excluding hydrogens is 218 g/mol. The fourth-order valence-corrected chi connectivity index (χ4v) is 1.95. The van der Waals surface area contributed by atoms with Crippen molar-refractivity contribution >= 4 is 0 Å². The van der Waals surface area contributed by atoms with Gasteiger partial charge in [0.1, 0.15) is 6.10 Å². The highest BCUT2D eigenvalue weighted by atomic mass is 16.5. The van der Waals surface area contributed by atoms with Crippen LogP contribution in [0.2, 0.25) is 0 Å². The number of ether oxygens (including phenoxy) is 1. The molecule has 1 aliphatic rings. The van der Waals surface area contributed by atoms with Crippen LogP contribution < -0.4 is 5.32 Å². The Kier molecular flexibility index (Phi) is 4.12. The molecular formula is C12H21N3O2. The van der Waals surface area contributed by atoms with Gasteiger partial charge in [-0.3, -0.25) is 0 Å². The van der Waals surface area contributed by atoms with E-state index in [4.69, 9.17) is 9.15 Å². The SMILES string of the molecule is CC(C)NCCc1nnc(C2CCC(C)O2)o1. The average molecular weight is 239 g/mol. The van der Waals surface area contributed by atoms with E-state index in [1.54, 1.807) is 0 Å². The molecule has 0 radical (unpaired) electrons. The average Bonchev–Trinajstić information content (AvgIpc) is 2.86. The Morgan fingerprint density at radius 3 is 2.82 bits per heavy atom. The zero-order valence-electron chi connectivity index (χ0n) is 10.8. The van der Waals surface area contributed by atoms with E-state index in [0.29, 0.717) is 23.9 Å². The maximum absolute atomic E-state index is 5.69. The zero-order chi connectivity index (χ0) is 12.3. The van der Waals surface area contributed by atoms with Gasteiger partial charge in [-0.25, -0.2) is 0 Å². The third kappa shape index (κ3) is 3.51. The summed E-state index contributed by atoms with van der Waals surface area (Å²) in [5.74, 6) is 1.32. The number of rotatable bonds is 5. The molecule has 0 spiro atoms. The van der Waals surface area contributed by atoms with Crippen molar-refractivity contribution in [2.45, 2.75) is 58.3 Å². The van der Waals surface area contributed by atoms with E-state index in [1.165, 1.54) is 0 Å². The molecule has 5 nitrogen and oxygen atoms in total. The normalized spacial score (nSPS) is 24.7. The molecule has 0 saturated carbocycles. The second-order valence-electron chi connectivity index (χ2n) is 4.91. The van der Waals surface area contributed by atoms with Crippen molar-refractivity contribution in [3.8, 4) is 0 Å². The van der Waals surface area contributed by atoms with Crippen molar-refractivity contribution in [1.29, 1.82) is 0 Å². The highest BCUT2D eigenvalue weighted by Gasteiger charge is 2.27. The predicted molar refractivity (Wildman–Crippen MR) is 63.7 cm³/mol. The number of aromatic nitrogens is 2. The van der Waals surface area contributed by atoms with Gasteiger partial charge in [0.25, 0.3) is 0 Å². The minimum atomic E-state index is 0.00399. The lowest BCUT2D eigenvalue weighted by Crippen LogP contribution is -2.25. The zero-order valence-corrected chi connectivity index (χ0v) is 10.8. The second-order valence-corrected chi connectivity index (χ2v) is 4.91. The molecule has 1 fully saturated rings. The van der Waals surface area contributed by atoms with E-state index in [0.717, 1.165) is 25.8 Å². The largest absolute Gasteiger partial charge is 0.422 e. The Morgan fingerprint density at radius 1 is 1.35 bits per heavy atom. The lowest BCUT2D eigenvalue weighted by Gasteiger charge is -2.06. The number of nitrogens with one attached hydrogen (secondary N) is 1. The van der Waals surface area contributed by atoms with E-state index < -0.39 is 0 Å². The smallest absolute Gasteiger partial charge is 0.245 e. The van der Waals surface area contributed by atoms with Crippen molar-refractivity contribution in [1.82, 2.24) is 15.5 Å². The standard InChI is InChI=1S/C12H21N3O2/c1-8(2)13-7-6-11-14-15-12(17-11)10-5-4-9(3)16-10/h8-10,13H,4-7H2,1-3H3. The minimum absolute atomic E-state index is 0.00399. The van der Waals surface area contributed by atoms with Crippen LogP contribution in [0.4, 0.5) is 0 Å². The van der Waals surface area contributed by atoms with Gasteiger partial charge in [0.05, 0.1) is 6.10 Å². The Bertz CT molecular complexity index is 351. The van der Waals surface area contributed by atoms with Crippen LogP contribution in [0.15, 0.2) is 4.42 Å². The highest BCUT2D eigenvalue weighted by Crippen LogP contribution is 2.31. The summed E-state index contributed by atoms with van der Waals surface area (Å²) < 4.78 is 11.3. The van der Waals surface area contributed by atoms with Gasteiger partial charge >= 0.3 is 0 Å². The molecule has 2 unspecified atom stereocenters. The molecule has 2 rings (SSSR count). The summed E-state index contributed by atoms with van der Waals surface area (Å²) in [5, 5.41) is 11.4. The molecule has 1 N–H and O–H groups in total. The molecule has 0 aliphatic carbocycles. The molecule has 1 aromatic rings. The number of hydrogen-bond donors (Lipinski definition) is 1. The van der Waals surface area contributed by atoms with Crippen LogP contribution in [0.1, 0.15) is 51.5 Å². The Balaban J connectivity index is 1.83. The van der Waals surface area contributed by atoms with Crippen molar-refractivity contribution in [3.63, 3.8) is 0 Å². The first-order valence-electron chi connectivity index (χ1n) is 6.36. The summed E-state index contributed by atoms with van der Waals surface area (Å²) in [5.41, 5.74) is 0. The van der Waals surface area contributed by atoms with Crippen LogP contribution in [0.5, 0.6) is 0 Å². The lowest BCUT2D eigenvalue weighted by molar-refractivity contribution is 0.0384. The summed E-state index contributed by atoms with van der Waals surface area (Å²) in [4.78, 5) is 0. The van der Waals surface area contributed by atoms with Gasteiger partial charge in [-0.15, -0.1) is 10.2 Å². The topological polar surface area (TPSA) is 60.2 Å². The molecule has 2 atom stereocenters. The molecule has 0 amide bonds. The maximum atomic E-state index is 5.69. The first-order chi connectivity index (χ1) is 8.15. The van der Waals surface area contributed by atoms with E-state index in [-0.39, 0.29) is 6.10 Å². The van der Waals surface area contributed by atoms with Crippen LogP contribution in [-0.4, -0.2) is 28.9 Å². The van der Waals surface area contributed by atoms with Gasteiger partial charge in [-0.1, -0.05) is 13.8 Å². The van der Waals surface area contributed by atoms with Crippen LogP contribution in [0, 0.1) is 0 Å². The van der Waals surface area contributed by atoms with Crippen molar-refractivity contribution in [3.05, 3.63) is 11.8 Å². The monoisotopic (exact) mass is 239 g/mol. The summed E-state index contributed by atoms with van der Waals surface area (Å²) in [6.07, 6.45) is 3.12. The predicted octanol–water partition coefficient (Wildman–Crippen LogP) is 1.85. The third-order valence-electron chi connectivity index (χ3n) is 2.88. The molecule has 17 heavy (non-hydrogen) atoms. The van der Waals surface area contributed by atoms with Gasteiger partial charge < -0.3 is 14.5 Å². The highest BCUT2D eigenvalue weighted by molar-refractivity contribution is 4.90. The molecule has 1 aliphatic heterocycles. The van der Waals surface area contributed by atoms with Gasteiger partial charge in [0, 0.05) is 19.0 Å². The summed E-state index contributed by atoms with van der Waals surface area (Å²) in [6.45, 7) is 7.17. The Morgan fingerprint density at radius 2 is 2.18 bits per heavy atom. The van der Waals surface area contributed by atoms with E-state index >= 15 is 0 Å². The Labute approximate surface area is 102 Å². The molecule has 96 valence electrons. The Hall–Kier alpha value is -0.940. The van der Waals surface area contributed by atoms with E-state index in [1.807, 2.05) is 0 Å². The molecule has 0 bridgehead atoms. The lowest BCUT2D eigenvalue weighted by atomic mass is 10.2. The van der Waals surface area contributed by atoms with Gasteiger partial charge in [-0.05, 0) is 19.8 Å². The van der Waals surface area contributed by atoms with Gasteiger partial charge in [0.15, 0.2) is 0 Å². The fraction of sp³-hybridized carbons (Fsp3) is 0.833. The molecule has 1 saturated heterocycles. The first kappa shape index (κ1) is 12.5.